The smallest absolute Gasteiger partial charge is 0.240 e. The number of carbonyl (C=O) groups excluding carboxylic acids is 1. The summed E-state index contributed by atoms with van der Waals surface area (Å²) in [7, 11) is -0.687. The second-order valence-electron chi connectivity index (χ2n) is 5.08. The van der Waals surface area contributed by atoms with E-state index in [4.69, 9.17) is 4.74 Å². The maximum Gasteiger partial charge on any atom is 0.240 e. The van der Waals surface area contributed by atoms with Crippen molar-refractivity contribution in [2.45, 2.75) is 18.7 Å². The molecule has 0 bridgehead atoms. The second-order valence-corrected chi connectivity index (χ2v) is 7.71. The van der Waals surface area contributed by atoms with Crippen molar-refractivity contribution in [2.24, 2.45) is 5.41 Å². The van der Waals surface area contributed by atoms with Crippen molar-refractivity contribution in [3.8, 4) is 5.75 Å². The molecule has 0 radical (unpaired) electrons. The van der Waals surface area contributed by atoms with Crippen molar-refractivity contribution in [1.29, 1.82) is 0 Å². The Labute approximate surface area is 133 Å². The molecule has 6 nitrogen and oxygen atoms in total. The molecule has 118 valence electrons. The molecule has 1 rings (SSSR count). The zero-order valence-corrected chi connectivity index (χ0v) is 14.8. The van der Waals surface area contributed by atoms with Gasteiger partial charge < -0.3 is 10.1 Å². The lowest BCUT2D eigenvalue weighted by Gasteiger charge is -2.22. The minimum absolute atomic E-state index is 0.00133. The summed E-state index contributed by atoms with van der Waals surface area (Å²) in [5.41, 5.74) is -0.842. The quantitative estimate of drug-likeness (QED) is 0.785. The fourth-order valence-corrected chi connectivity index (χ4v) is 3.52. The molecular formula is C13H19BrN2O4S. The molecule has 1 aromatic carbocycles. The van der Waals surface area contributed by atoms with Crippen LogP contribution in [0.25, 0.3) is 0 Å². The van der Waals surface area contributed by atoms with E-state index in [1.165, 1.54) is 26.3 Å². The number of carbonyl (C=O) groups is 1. The Morgan fingerprint density at radius 1 is 1.38 bits per heavy atom. The number of amides is 1. The van der Waals surface area contributed by atoms with Crippen LogP contribution in [0, 0.1) is 5.41 Å². The van der Waals surface area contributed by atoms with Crippen LogP contribution in [-0.2, 0) is 14.8 Å². The van der Waals surface area contributed by atoms with Gasteiger partial charge in [-0.25, -0.2) is 13.1 Å². The van der Waals surface area contributed by atoms with Crippen LogP contribution in [0.2, 0.25) is 0 Å². The van der Waals surface area contributed by atoms with Crippen LogP contribution < -0.4 is 14.8 Å². The fourth-order valence-electron chi connectivity index (χ4n) is 1.59. The van der Waals surface area contributed by atoms with Crippen LogP contribution >= 0.6 is 15.9 Å². The van der Waals surface area contributed by atoms with E-state index in [1.807, 2.05) is 0 Å². The average molecular weight is 379 g/mol. The Hall–Kier alpha value is -1.12. The summed E-state index contributed by atoms with van der Waals surface area (Å²) < 4.78 is 32.5. The monoisotopic (exact) mass is 378 g/mol. The average Bonchev–Trinajstić information content (AvgIpc) is 2.44. The predicted octanol–water partition coefficient (Wildman–Crippen LogP) is 1.51. The number of ether oxygens (including phenoxy) is 1. The van der Waals surface area contributed by atoms with E-state index in [2.05, 4.69) is 26.0 Å². The van der Waals surface area contributed by atoms with Crippen LogP contribution in [0.1, 0.15) is 13.8 Å². The lowest BCUT2D eigenvalue weighted by Crippen LogP contribution is -2.43. The van der Waals surface area contributed by atoms with E-state index in [9.17, 15) is 13.2 Å². The third kappa shape index (κ3) is 4.42. The summed E-state index contributed by atoms with van der Waals surface area (Å²) in [6.07, 6.45) is 0. The number of halogens is 1. The Bertz CT molecular complexity index is 629. The molecule has 0 spiro atoms. The summed E-state index contributed by atoms with van der Waals surface area (Å²) in [5.74, 6) is 0.306. The van der Waals surface area contributed by atoms with Crippen LogP contribution in [0.5, 0.6) is 5.75 Å². The van der Waals surface area contributed by atoms with E-state index in [0.29, 0.717) is 10.2 Å². The number of hydrogen-bond donors (Lipinski definition) is 2. The largest absolute Gasteiger partial charge is 0.496 e. The molecule has 0 heterocycles. The number of rotatable bonds is 6. The van der Waals surface area contributed by atoms with Gasteiger partial charge in [-0.1, -0.05) is 0 Å². The Morgan fingerprint density at radius 2 is 2.00 bits per heavy atom. The standard InChI is InChI=1S/C13H19BrN2O4S/c1-13(2,12(17)15-3)8-16-21(18,19)9-5-6-11(20-4)10(14)7-9/h5-7,16H,8H2,1-4H3,(H,15,17). The third-order valence-corrected chi connectivity index (χ3v) is 5.00. The minimum atomic E-state index is -3.70. The van der Waals surface area contributed by atoms with E-state index >= 15 is 0 Å². The molecule has 0 aliphatic carbocycles. The van der Waals surface area contributed by atoms with Crippen molar-refractivity contribution in [3.63, 3.8) is 0 Å². The number of methoxy groups -OCH3 is 1. The van der Waals surface area contributed by atoms with Gasteiger partial charge in [0, 0.05) is 13.6 Å². The maximum atomic E-state index is 12.2. The molecule has 0 saturated carbocycles. The van der Waals surface area contributed by atoms with Crippen LogP contribution in [0.3, 0.4) is 0 Å². The summed E-state index contributed by atoms with van der Waals surface area (Å²) >= 11 is 3.24. The summed E-state index contributed by atoms with van der Waals surface area (Å²) in [4.78, 5) is 11.8. The molecule has 1 aromatic rings. The zero-order valence-electron chi connectivity index (χ0n) is 12.4. The number of hydrogen-bond acceptors (Lipinski definition) is 4. The number of nitrogens with one attached hydrogen (secondary N) is 2. The van der Waals surface area contributed by atoms with Gasteiger partial charge in [-0.05, 0) is 48.0 Å². The van der Waals surface area contributed by atoms with Gasteiger partial charge in [0.15, 0.2) is 0 Å². The molecule has 1 amide bonds. The molecular weight excluding hydrogens is 360 g/mol. The Morgan fingerprint density at radius 3 is 2.48 bits per heavy atom. The van der Waals surface area contributed by atoms with Crippen molar-refractivity contribution < 1.29 is 17.9 Å². The van der Waals surface area contributed by atoms with Gasteiger partial charge in [0.2, 0.25) is 15.9 Å². The van der Waals surface area contributed by atoms with Crippen LogP contribution in [0.15, 0.2) is 27.6 Å². The maximum absolute atomic E-state index is 12.2. The van der Waals surface area contributed by atoms with Crippen LogP contribution in [-0.4, -0.2) is 35.0 Å². The molecule has 0 aromatic heterocycles. The highest BCUT2D eigenvalue weighted by Gasteiger charge is 2.29. The van der Waals surface area contributed by atoms with Gasteiger partial charge in [-0.3, -0.25) is 4.79 Å². The zero-order chi connectivity index (χ0) is 16.3. The molecule has 0 saturated heterocycles. The van der Waals surface area contributed by atoms with Crippen molar-refractivity contribution in [3.05, 3.63) is 22.7 Å². The van der Waals surface area contributed by atoms with Crippen LogP contribution in [0.4, 0.5) is 0 Å². The van der Waals surface area contributed by atoms with Gasteiger partial charge in [0.1, 0.15) is 5.75 Å². The van der Waals surface area contributed by atoms with E-state index in [1.54, 1.807) is 19.9 Å². The van der Waals surface area contributed by atoms with Crippen molar-refractivity contribution in [2.75, 3.05) is 20.7 Å². The van der Waals surface area contributed by atoms with E-state index in [-0.39, 0.29) is 17.3 Å². The number of benzene rings is 1. The second kappa shape index (κ2) is 6.76. The van der Waals surface area contributed by atoms with Crippen molar-refractivity contribution >= 4 is 31.9 Å². The number of sulfonamides is 1. The van der Waals surface area contributed by atoms with Gasteiger partial charge in [0.25, 0.3) is 0 Å². The first-order valence-electron chi connectivity index (χ1n) is 6.19. The molecule has 21 heavy (non-hydrogen) atoms. The lowest BCUT2D eigenvalue weighted by molar-refractivity contribution is -0.128. The Balaban J connectivity index is 2.92. The normalized spacial score (nSPS) is 12.0. The van der Waals surface area contributed by atoms with Gasteiger partial charge >= 0.3 is 0 Å². The molecule has 0 unspecified atom stereocenters. The summed E-state index contributed by atoms with van der Waals surface area (Å²) in [6, 6.07) is 4.45. The first-order chi connectivity index (χ1) is 9.64. The topological polar surface area (TPSA) is 84.5 Å². The molecule has 0 fully saturated rings. The van der Waals surface area contributed by atoms with Crippen molar-refractivity contribution in [1.82, 2.24) is 10.0 Å². The first-order valence-corrected chi connectivity index (χ1v) is 8.47. The highest BCUT2D eigenvalue weighted by Crippen LogP contribution is 2.27. The van der Waals surface area contributed by atoms with Gasteiger partial charge in [0.05, 0.1) is 21.9 Å². The fraction of sp³-hybridized carbons (Fsp3) is 0.462. The third-order valence-electron chi connectivity index (χ3n) is 2.98. The van der Waals surface area contributed by atoms with Gasteiger partial charge in [-0.15, -0.1) is 0 Å². The van der Waals surface area contributed by atoms with E-state index in [0.717, 1.165) is 0 Å². The highest BCUT2D eigenvalue weighted by atomic mass is 79.9. The molecule has 8 heteroatoms. The summed E-state index contributed by atoms with van der Waals surface area (Å²) in [6.45, 7) is 3.33. The SMILES string of the molecule is CNC(=O)C(C)(C)CNS(=O)(=O)c1ccc(OC)c(Br)c1. The predicted molar refractivity (Wildman–Crippen MR) is 83.7 cm³/mol. The first kappa shape index (κ1) is 17.9. The molecule has 2 N–H and O–H groups in total. The van der Waals surface area contributed by atoms with E-state index < -0.39 is 15.4 Å². The Kier molecular flexibility index (Phi) is 5.77. The highest BCUT2D eigenvalue weighted by molar-refractivity contribution is 9.10. The van der Waals surface area contributed by atoms with Gasteiger partial charge in [-0.2, -0.15) is 0 Å². The molecule has 0 aliphatic heterocycles. The minimum Gasteiger partial charge on any atom is -0.496 e. The molecule has 0 aliphatic rings. The molecule has 0 atom stereocenters. The lowest BCUT2D eigenvalue weighted by atomic mass is 9.93. The summed E-state index contributed by atoms with van der Waals surface area (Å²) in [5, 5.41) is 2.51.